The average molecular weight is 397 g/mol. The zero-order valence-corrected chi connectivity index (χ0v) is 17.2. The van der Waals surface area contributed by atoms with Crippen LogP contribution in [0, 0.1) is 0 Å². The van der Waals surface area contributed by atoms with E-state index in [-0.39, 0.29) is 0 Å². The Bertz CT molecular complexity index is 581. The molecule has 0 atom stereocenters. The predicted octanol–water partition coefficient (Wildman–Crippen LogP) is 5.63. The number of rotatable bonds is 6. The van der Waals surface area contributed by atoms with Gasteiger partial charge in [-0.15, -0.1) is 11.3 Å². The Morgan fingerprint density at radius 3 is 2.24 bits per heavy atom. The standard InChI is InChI=1S/C8H10O.C5H7NOS.C5H7NS2/c1-9-7-8-5-3-2-4-6-8;2*1-2-7-5-6-3-4-8-5/h2-6H,7H2,1H3;2*3-4H,2H2,1H3. The molecule has 0 N–H and O–H groups in total. The Labute approximate surface area is 162 Å². The molecule has 7 heteroatoms. The van der Waals surface area contributed by atoms with E-state index < -0.39 is 0 Å². The van der Waals surface area contributed by atoms with Crippen LogP contribution >= 0.6 is 34.4 Å². The summed E-state index contributed by atoms with van der Waals surface area (Å²) in [5, 5.41) is 4.65. The molecule has 0 amide bonds. The Kier molecular flexibility index (Phi) is 12.9. The first-order valence-corrected chi connectivity index (χ1v) is 10.6. The average Bonchev–Trinajstić information content (AvgIpc) is 3.32. The second kappa shape index (κ2) is 14.9. The maximum atomic E-state index is 5.05. The van der Waals surface area contributed by atoms with Gasteiger partial charge in [-0.3, -0.25) is 0 Å². The quantitative estimate of drug-likeness (QED) is 0.505. The zero-order valence-electron chi connectivity index (χ0n) is 14.8. The first-order chi connectivity index (χ1) is 12.3. The van der Waals surface area contributed by atoms with Crippen molar-refractivity contribution in [1.82, 2.24) is 9.97 Å². The highest BCUT2D eigenvalue weighted by Gasteiger charge is 1.90. The van der Waals surface area contributed by atoms with Gasteiger partial charge in [0.05, 0.1) is 13.2 Å². The first-order valence-electron chi connectivity index (χ1n) is 7.87. The van der Waals surface area contributed by atoms with Gasteiger partial charge in [0.15, 0.2) is 0 Å². The molecular formula is C18H24N2O2S3. The lowest BCUT2D eigenvalue weighted by molar-refractivity contribution is 0.185. The molecule has 136 valence electrons. The highest BCUT2D eigenvalue weighted by atomic mass is 32.2. The van der Waals surface area contributed by atoms with Gasteiger partial charge in [0, 0.05) is 30.3 Å². The van der Waals surface area contributed by atoms with Crippen LogP contribution in [0.1, 0.15) is 19.4 Å². The molecule has 3 aromatic rings. The van der Waals surface area contributed by atoms with Crippen molar-refractivity contribution in [1.29, 1.82) is 0 Å². The van der Waals surface area contributed by atoms with Crippen molar-refractivity contribution in [2.24, 2.45) is 0 Å². The van der Waals surface area contributed by atoms with Crippen molar-refractivity contribution in [2.45, 2.75) is 24.8 Å². The number of ether oxygens (including phenoxy) is 2. The number of aromatic nitrogens is 2. The Balaban J connectivity index is 0.000000188. The molecule has 4 nitrogen and oxygen atoms in total. The third-order valence-electron chi connectivity index (χ3n) is 2.51. The summed E-state index contributed by atoms with van der Waals surface area (Å²) in [5.74, 6) is 1.12. The molecule has 0 aliphatic carbocycles. The van der Waals surface area contributed by atoms with Gasteiger partial charge in [-0.2, -0.15) is 0 Å². The Morgan fingerprint density at radius 2 is 1.72 bits per heavy atom. The maximum absolute atomic E-state index is 5.05. The fourth-order valence-electron chi connectivity index (χ4n) is 1.55. The smallest absolute Gasteiger partial charge is 0.273 e. The van der Waals surface area contributed by atoms with E-state index in [0.29, 0.717) is 13.2 Å². The summed E-state index contributed by atoms with van der Waals surface area (Å²) >= 11 is 5.00. The second-order valence-corrected chi connectivity index (χ2v) is 7.64. The van der Waals surface area contributed by atoms with Crippen molar-refractivity contribution < 1.29 is 9.47 Å². The van der Waals surface area contributed by atoms with E-state index in [0.717, 1.165) is 10.9 Å². The third kappa shape index (κ3) is 10.9. The minimum atomic E-state index is 0.702. The molecule has 0 aliphatic heterocycles. The number of benzene rings is 1. The van der Waals surface area contributed by atoms with Gasteiger partial charge in [0.1, 0.15) is 4.34 Å². The molecule has 0 bridgehead atoms. The van der Waals surface area contributed by atoms with E-state index in [1.54, 1.807) is 36.4 Å². The van der Waals surface area contributed by atoms with Gasteiger partial charge in [0.25, 0.3) is 5.19 Å². The van der Waals surface area contributed by atoms with Crippen LogP contribution in [0.4, 0.5) is 0 Å². The van der Waals surface area contributed by atoms with Crippen molar-refractivity contribution in [3.63, 3.8) is 0 Å². The number of hydrogen-bond acceptors (Lipinski definition) is 7. The number of thiazole rings is 2. The summed E-state index contributed by atoms with van der Waals surface area (Å²) in [7, 11) is 1.70. The first kappa shape index (κ1) is 21.6. The van der Waals surface area contributed by atoms with E-state index in [2.05, 4.69) is 16.9 Å². The van der Waals surface area contributed by atoms with Crippen LogP contribution in [-0.2, 0) is 11.3 Å². The number of methoxy groups -OCH3 is 1. The molecule has 0 saturated carbocycles. The molecule has 0 aliphatic rings. The number of hydrogen-bond donors (Lipinski definition) is 0. The van der Waals surface area contributed by atoms with Crippen LogP contribution in [-0.4, -0.2) is 29.4 Å². The van der Waals surface area contributed by atoms with E-state index in [1.165, 1.54) is 21.2 Å². The van der Waals surface area contributed by atoms with Crippen molar-refractivity contribution in [2.75, 3.05) is 19.5 Å². The fraction of sp³-hybridized carbons (Fsp3) is 0.333. The summed E-state index contributed by atoms with van der Waals surface area (Å²) in [5.41, 5.74) is 1.22. The maximum Gasteiger partial charge on any atom is 0.273 e. The van der Waals surface area contributed by atoms with Gasteiger partial charge in [0.2, 0.25) is 0 Å². The van der Waals surface area contributed by atoms with Crippen LogP contribution in [0.2, 0.25) is 0 Å². The number of thioether (sulfide) groups is 1. The Morgan fingerprint density at radius 1 is 1.00 bits per heavy atom. The van der Waals surface area contributed by atoms with Crippen molar-refractivity contribution >= 4 is 34.4 Å². The molecule has 2 heterocycles. The molecule has 0 spiro atoms. The monoisotopic (exact) mass is 396 g/mol. The van der Waals surface area contributed by atoms with Crippen LogP contribution in [0.25, 0.3) is 0 Å². The van der Waals surface area contributed by atoms with Crippen LogP contribution in [0.5, 0.6) is 5.19 Å². The summed E-state index contributed by atoms with van der Waals surface area (Å²) in [6.07, 6.45) is 3.57. The van der Waals surface area contributed by atoms with Crippen LogP contribution in [0.15, 0.2) is 57.8 Å². The third-order valence-corrected chi connectivity index (χ3v) is 5.04. The molecular weight excluding hydrogens is 372 g/mol. The summed E-state index contributed by atoms with van der Waals surface area (Å²) < 4.78 is 11.2. The fourth-order valence-corrected chi connectivity index (χ4v) is 3.63. The van der Waals surface area contributed by atoms with Gasteiger partial charge < -0.3 is 9.47 Å². The second-order valence-electron chi connectivity index (χ2n) is 4.38. The summed E-state index contributed by atoms with van der Waals surface area (Å²) in [4.78, 5) is 7.99. The van der Waals surface area contributed by atoms with Gasteiger partial charge >= 0.3 is 0 Å². The zero-order chi connectivity index (χ0) is 18.2. The SMILES string of the molecule is CCOc1nccs1.CCSc1nccs1.COCc1ccccc1. The topological polar surface area (TPSA) is 44.2 Å². The van der Waals surface area contributed by atoms with Crippen molar-refractivity contribution in [3.05, 3.63) is 59.0 Å². The normalized spacial score (nSPS) is 9.40. The molecule has 0 fully saturated rings. The highest BCUT2D eigenvalue weighted by Crippen LogP contribution is 2.18. The van der Waals surface area contributed by atoms with Gasteiger partial charge in [-0.25, -0.2) is 9.97 Å². The lowest BCUT2D eigenvalue weighted by Crippen LogP contribution is -1.88. The predicted molar refractivity (Wildman–Crippen MR) is 109 cm³/mol. The Hall–Kier alpha value is -1.41. The molecule has 3 rings (SSSR count). The number of nitrogens with zero attached hydrogens (tertiary/aromatic N) is 2. The molecule has 0 radical (unpaired) electrons. The summed E-state index contributed by atoms with van der Waals surface area (Å²) in [6.45, 7) is 5.49. The molecule has 2 aromatic heterocycles. The lowest BCUT2D eigenvalue weighted by Gasteiger charge is -1.95. The molecule has 1 aromatic carbocycles. The summed E-state index contributed by atoms with van der Waals surface area (Å²) in [6, 6.07) is 10.1. The van der Waals surface area contributed by atoms with E-state index >= 15 is 0 Å². The molecule has 0 unspecified atom stereocenters. The lowest BCUT2D eigenvalue weighted by atomic mass is 10.2. The van der Waals surface area contributed by atoms with Crippen molar-refractivity contribution in [3.8, 4) is 5.19 Å². The minimum absolute atomic E-state index is 0.702. The largest absolute Gasteiger partial charge is 0.470 e. The molecule has 0 saturated heterocycles. The van der Waals surface area contributed by atoms with Crippen LogP contribution < -0.4 is 4.74 Å². The van der Waals surface area contributed by atoms with E-state index in [1.807, 2.05) is 54.2 Å². The minimum Gasteiger partial charge on any atom is -0.470 e. The van der Waals surface area contributed by atoms with E-state index in [4.69, 9.17) is 9.47 Å². The van der Waals surface area contributed by atoms with E-state index in [9.17, 15) is 0 Å². The van der Waals surface area contributed by atoms with Gasteiger partial charge in [-0.05, 0) is 18.2 Å². The van der Waals surface area contributed by atoms with Crippen LogP contribution in [0.3, 0.4) is 0 Å². The highest BCUT2D eigenvalue weighted by molar-refractivity contribution is 8.00. The van der Waals surface area contributed by atoms with Gasteiger partial charge in [-0.1, -0.05) is 60.4 Å². The molecule has 25 heavy (non-hydrogen) atoms.